The van der Waals surface area contributed by atoms with Crippen LogP contribution in [0.5, 0.6) is 0 Å². The van der Waals surface area contributed by atoms with Crippen molar-refractivity contribution in [3.63, 3.8) is 0 Å². The minimum atomic E-state index is -0.0636. The summed E-state index contributed by atoms with van der Waals surface area (Å²) in [7, 11) is 2.12. The Labute approximate surface area is 174 Å². The van der Waals surface area contributed by atoms with Gasteiger partial charge in [0, 0.05) is 30.4 Å². The van der Waals surface area contributed by atoms with E-state index >= 15 is 0 Å². The van der Waals surface area contributed by atoms with Crippen LogP contribution in [-0.4, -0.2) is 47.1 Å². The summed E-state index contributed by atoms with van der Waals surface area (Å²) in [4.78, 5) is 7.42. The molecule has 0 saturated carbocycles. The molecule has 1 aromatic heterocycles. The van der Waals surface area contributed by atoms with Gasteiger partial charge in [-0.25, -0.2) is 4.99 Å². The fourth-order valence-corrected chi connectivity index (χ4v) is 5.36. The predicted octanol–water partition coefficient (Wildman–Crippen LogP) is 3.87. The van der Waals surface area contributed by atoms with Crippen LogP contribution in [0.15, 0.2) is 29.3 Å². The summed E-state index contributed by atoms with van der Waals surface area (Å²) < 4.78 is 10.0. The molecular weight excluding hydrogens is 472 g/mol. The molecule has 0 N–H and O–H groups in total. The molecular formula is C18H22Cl2IN3O. The van der Waals surface area contributed by atoms with Crippen molar-refractivity contribution in [1.29, 1.82) is 0 Å². The molecule has 4 aliphatic heterocycles. The fraction of sp³-hybridized carbons (Fsp3) is 0.500. The molecule has 3 fully saturated rings. The number of hydrogen-bond donors (Lipinski definition) is 0. The summed E-state index contributed by atoms with van der Waals surface area (Å²) in [6.07, 6.45) is 2.52. The molecule has 0 aliphatic carbocycles. The molecule has 4 nitrogen and oxygen atoms in total. The predicted molar refractivity (Wildman–Crippen MR) is 115 cm³/mol. The van der Waals surface area contributed by atoms with E-state index in [0.717, 1.165) is 19.0 Å². The van der Waals surface area contributed by atoms with Gasteiger partial charge >= 0.3 is 0 Å². The van der Waals surface area contributed by atoms with Gasteiger partial charge in [0.25, 0.3) is 0 Å². The first-order valence-electron chi connectivity index (χ1n) is 8.37. The highest BCUT2D eigenvalue weighted by molar-refractivity contribution is 14.1. The van der Waals surface area contributed by atoms with E-state index in [0.29, 0.717) is 5.92 Å². The van der Waals surface area contributed by atoms with E-state index in [1.807, 2.05) is 0 Å². The zero-order chi connectivity index (χ0) is 15.6. The third kappa shape index (κ3) is 2.78. The molecule has 1 spiro atoms. The number of piperidine rings is 3. The zero-order valence-corrected chi connectivity index (χ0v) is 17.9. The van der Waals surface area contributed by atoms with Gasteiger partial charge in [0.05, 0.1) is 15.8 Å². The second kappa shape index (κ2) is 6.91. The lowest BCUT2D eigenvalue weighted by Crippen LogP contribution is -2.60. The molecule has 2 bridgehead atoms. The number of rotatable bonds is 1. The highest BCUT2D eigenvalue weighted by Gasteiger charge is 2.52. The topological polar surface area (TPSA) is 29.8 Å². The lowest BCUT2D eigenvalue weighted by Gasteiger charge is -2.50. The third-order valence-electron chi connectivity index (χ3n) is 5.86. The first-order chi connectivity index (χ1) is 11.2. The standard InChI is InChI=1S/C18H20IN3O.2ClH/c1-21-14-5-3-2-4-13(14)15(16(21)19)17-20-10-18(23-17)11-22-8-6-12(18)7-9-22;;/h2-5,12H,6-11H2,1H3;2*1H. The Morgan fingerprint density at radius 2 is 1.92 bits per heavy atom. The van der Waals surface area contributed by atoms with E-state index in [1.54, 1.807) is 0 Å². The Morgan fingerprint density at radius 1 is 1.20 bits per heavy atom. The van der Waals surface area contributed by atoms with Gasteiger partial charge in [0.15, 0.2) is 0 Å². The van der Waals surface area contributed by atoms with Crippen LogP contribution in [-0.2, 0) is 11.8 Å². The Balaban J connectivity index is 0.000000911. The van der Waals surface area contributed by atoms with E-state index in [4.69, 9.17) is 9.73 Å². The number of benzene rings is 1. The summed E-state index contributed by atoms with van der Waals surface area (Å²) in [5.74, 6) is 1.53. The van der Waals surface area contributed by atoms with Gasteiger partial charge in [0.2, 0.25) is 5.90 Å². The summed E-state index contributed by atoms with van der Waals surface area (Å²) in [6.45, 7) is 4.34. The number of aliphatic imine (C=N–C) groups is 1. The Morgan fingerprint density at radius 3 is 2.60 bits per heavy atom. The Hall–Kier alpha value is -0.500. The summed E-state index contributed by atoms with van der Waals surface area (Å²) in [5, 5.41) is 1.25. The minimum absolute atomic E-state index is 0. The van der Waals surface area contributed by atoms with Crippen LogP contribution in [0.3, 0.4) is 0 Å². The zero-order valence-electron chi connectivity index (χ0n) is 14.1. The highest BCUT2D eigenvalue weighted by atomic mass is 127. The van der Waals surface area contributed by atoms with E-state index in [2.05, 4.69) is 63.4 Å². The van der Waals surface area contributed by atoms with E-state index < -0.39 is 0 Å². The number of fused-ring (bicyclic) bond motifs is 3. The molecule has 7 heteroatoms. The van der Waals surface area contributed by atoms with Crippen LogP contribution in [0.25, 0.3) is 10.9 Å². The van der Waals surface area contributed by atoms with Gasteiger partial charge in [-0.1, -0.05) is 18.2 Å². The van der Waals surface area contributed by atoms with Crippen molar-refractivity contribution < 1.29 is 4.74 Å². The number of ether oxygens (including phenoxy) is 1. The second-order valence-corrected chi connectivity index (χ2v) is 8.10. The normalized spacial score (nSPS) is 29.9. The number of aromatic nitrogens is 1. The molecule has 6 rings (SSSR count). The van der Waals surface area contributed by atoms with Crippen molar-refractivity contribution in [3.05, 3.63) is 33.5 Å². The third-order valence-corrected chi connectivity index (χ3v) is 7.13. The quantitative estimate of drug-likeness (QED) is 0.564. The molecule has 4 aliphatic rings. The Kier molecular flexibility index (Phi) is 5.32. The maximum Gasteiger partial charge on any atom is 0.220 e. The average Bonchev–Trinajstić information content (AvgIpc) is 3.09. The van der Waals surface area contributed by atoms with Crippen LogP contribution < -0.4 is 0 Å². The van der Waals surface area contributed by atoms with Gasteiger partial charge in [-0.15, -0.1) is 24.8 Å². The molecule has 136 valence electrons. The average molecular weight is 494 g/mol. The maximum absolute atomic E-state index is 6.60. The SMILES string of the molecule is Cl.Cl.Cn1c(I)c(C2=NCC3(CN4CCC3CC4)O2)c2ccccc21. The maximum atomic E-state index is 6.60. The summed E-state index contributed by atoms with van der Waals surface area (Å²) in [6, 6.07) is 8.54. The van der Waals surface area contributed by atoms with Gasteiger partial charge in [-0.05, 0) is 54.6 Å². The Bertz CT molecular complexity index is 829. The summed E-state index contributed by atoms with van der Waals surface area (Å²) >= 11 is 2.42. The number of halogens is 3. The molecule has 1 atom stereocenters. The van der Waals surface area contributed by atoms with E-state index in [-0.39, 0.29) is 30.4 Å². The van der Waals surface area contributed by atoms with Crippen LogP contribution in [0.4, 0.5) is 0 Å². The van der Waals surface area contributed by atoms with Crippen molar-refractivity contribution in [2.45, 2.75) is 18.4 Å². The molecule has 5 heterocycles. The van der Waals surface area contributed by atoms with Gasteiger partial charge in [-0.2, -0.15) is 0 Å². The molecule has 0 amide bonds. The highest BCUT2D eigenvalue weighted by Crippen LogP contribution is 2.42. The molecule has 1 unspecified atom stereocenters. The van der Waals surface area contributed by atoms with Gasteiger partial charge < -0.3 is 9.30 Å². The molecule has 25 heavy (non-hydrogen) atoms. The summed E-state index contributed by atoms with van der Waals surface area (Å²) in [5.41, 5.74) is 2.36. The fourth-order valence-electron chi connectivity index (χ4n) is 4.58. The minimum Gasteiger partial charge on any atom is -0.467 e. The number of para-hydroxylation sites is 1. The van der Waals surface area contributed by atoms with Crippen LogP contribution in [0.2, 0.25) is 0 Å². The lowest BCUT2D eigenvalue weighted by atomic mass is 9.75. The molecule has 2 aromatic rings. The van der Waals surface area contributed by atoms with Crippen LogP contribution >= 0.6 is 47.4 Å². The first kappa shape index (κ1) is 19.3. The monoisotopic (exact) mass is 493 g/mol. The van der Waals surface area contributed by atoms with E-state index in [9.17, 15) is 0 Å². The molecule has 0 radical (unpaired) electrons. The largest absolute Gasteiger partial charge is 0.467 e. The van der Waals surface area contributed by atoms with Crippen LogP contribution in [0, 0.1) is 9.62 Å². The lowest BCUT2D eigenvalue weighted by molar-refractivity contribution is -0.0825. The van der Waals surface area contributed by atoms with Crippen molar-refractivity contribution in [1.82, 2.24) is 9.47 Å². The second-order valence-electron chi connectivity index (χ2n) is 7.08. The first-order valence-corrected chi connectivity index (χ1v) is 9.45. The van der Waals surface area contributed by atoms with Crippen molar-refractivity contribution in [2.75, 3.05) is 26.2 Å². The molecule has 1 aromatic carbocycles. The van der Waals surface area contributed by atoms with Crippen molar-refractivity contribution >= 4 is 64.2 Å². The van der Waals surface area contributed by atoms with E-state index in [1.165, 1.54) is 46.1 Å². The van der Waals surface area contributed by atoms with Crippen molar-refractivity contribution in [3.8, 4) is 0 Å². The van der Waals surface area contributed by atoms with Crippen LogP contribution in [0.1, 0.15) is 18.4 Å². The number of aryl methyl sites for hydroxylation is 1. The van der Waals surface area contributed by atoms with Crippen molar-refractivity contribution in [2.24, 2.45) is 18.0 Å². The number of nitrogens with zero attached hydrogens (tertiary/aromatic N) is 3. The number of hydrogen-bond acceptors (Lipinski definition) is 3. The van der Waals surface area contributed by atoms with Gasteiger partial charge in [-0.3, -0.25) is 4.90 Å². The van der Waals surface area contributed by atoms with Gasteiger partial charge in [0.1, 0.15) is 5.60 Å². The smallest absolute Gasteiger partial charge is 0.220 e. The molecule has 3 saturated heterocycles.